The first kappa shape index (κ1) is 18.0. The van der Waals surface area contributed by atoms with E-state index in [1.165, 1.54) is 24.3 Å². The van der Waals surface area contributed by atoms with Crippen molar-refractivity contribution < 1.29 is 19.4 Å². The third kappa shape index (κ3) is 5.07. The van der Waals surface area contributed by atoms with Crippen LogP contribution in [0.3, 0.4) is 0 Å². The molecule has 0 aromatic heterocycles. The van der Waals surface area contributed by atoms with E-state index in [0.29, 0.717) is 16.9 Å². The average Bonchev–Trinajstić information content (AvgIpc) is 2.63. The van der Waals surface area contributed by atoms with Crippen molar-refractivity contribution in [3.05, 3.63) is 59.7 Å². The highest BCUT2D eigenvalue weighted by molar-refractivity contribution is 5.96. The van der Waals surface area contributed by atoms with Gasteiger partial charge in [-0.05, 0) is 35.9 Å². The Hall–Kier alpha value is -3.35. The molecule has 0 fully saturated rings. The number of carbonyl (C=O) groups is 2. The van der Waals surface area contributed by atoms with E-state index < -0.39 is 5.91 Å². The molecule has 0 aliphatic rings. The Labute approximate surface area is 145 Å². The standard InChI is InChI=1S/C18H19N3O4/c1-21(18(24)14-6-4-3-5-7-14)12-17(23)20-19-11-13-8-9-15(22)16(10-13)25-2/h3-11,22H,12H2,1-2H3,(H,20,23)/b19-11+. The zero-order valence-corrected chi connectivity index (χ0v) is 14.0. The summed E-state index contributed by atoms with van der Waals surface area (Å²) in [6.07, 6.45) is 1.42. The summed E-state index contributed by atoms with van der Waals surface area (Å²) in [5.41, 5.74) is 3.51. The van der Waals surface area contributed by atoms with Crippen molar-refractivity contribution in [2.45, 2.75) is 0 Å². The quantitative estimate of drug-likeness (QED) is 0.617. The Morgan fingerprint density at radius 1 is 1.24 bits per heavy atom. The van der Waals surface area contributed by atoms with Gasteiger partial charge in [-0.2, -0.15) is 5.10 Å². The number of nitrogens with one attached hydrogen (secondary N) is 1. The summed E-state index contributed by atoms with van der Waals surface area (Å²) in [6.45, 7) is -0.121. The van der Waals surface area contributed by atoms with Gasteiger partial charge in [-0.25, -0.2) is 5.43 Å². The van der Waals surface area contributed by atoms with Crippen LogP contribution in [-0.4, -0.2) is 48.7 Å². The minimum atomic E-state index is -0.422. The third-order valence-corrected chi connectivity index (χ3v) is 3.35. The molecule has 130 valence electrons. The zero-order chi connectivity index (χ0) is 18.2. The number of methoxy groups -OCH3 is 1. The van der Waals surface area contributed by atoms with E-state index in [9.17, 15) is 14.7 Å². The van der Waals surface area contributed by atoms with Crippen LogP contribution in [0.4, 0.5) is 0 Å². The van der Waals surface area contributed by atoms with Crippen LogP contribution in [0.15, 0.2) is 53.6 Å². The highest BCUT2D eigenvalue weighted by Crippen LogP contribution is 2.25. The van der Waals surface area contributed by atoms with Crippen LogP contribution >= 0.6 is 0 Å². The first-order valence-electron chi connectivity index (χ1n) is 7.50. The number of carbonyl (C=O) groups excluding carboxylic acids is 2. The van der Waals surface area contributed by atoms with Crippen LogP contribution < -0.4 is 10.2 Å². The number of hydrazone groups is 1. The van der Waals surface area contributed by atoms with Crippen LogP contribution in [0.2, 0.25) is 0 Å². The molecule has 2 aromatic carbocycles. The third-order valence-electron chi connectivity index (χ3n) is 3.35. The number of ether oxygens (including phenoxy) is 1. The largest absolute Gasteiger partial charge is 0.504 e. The number of rotatable bonds is 6. The molecule has 0 spiro atoms. The number of nitrogens with zero attached hydrogens (tertiary/aromatic N) is 2. The highest BCUT2D eigenvalue weighted by Gasteiger charge is 2.14. The Balaban J connectivity index is 1.89. The lowest BCUT2D eigenvalue weighted by atomic mass is 10.2. The molecule has 2 aromatic rings. The van der Waals surface area contributed by atoms with Crippen molar-refractivity contribution in [3.8, 4) is 11.5 Å². The van der Waals surface area contributed by atoms with Gasteiger partial charge in [0.05, 0.1) is 13.3 Å². The molecule has 25 heavy (non-hydrogen) atoms. The molecule has 2 rings (SSSR count). The van der Waals surface area contributed by atoms with E-state index in [0.717, 1.165) is 0 Å². The first-order chi connectivity index (χ1) is 12.0. The van der Waals surface area contributed by atoms with Crippen LogP contribution in [0.1, 0.15) is 15.9 Å². The van der Waals surface area contributed by atoms with Crippen LogP contribution in [0.25, 0.3) is 0 Å². The number of aromatic hydroxyl groups is 1. The molecule has 0 saturated heterocycles. The fourth-order valence-corrected chi connectivity index (χ4v) is 2.08. The van der Waals surface area contributed by atoms with E-state index in [2.05, 4.69) is 10.5 Å². The van der Waals surface area contributed by atoms with Crippen molar-refractivity contribution >= 4 is 18.0 Å². The molecule has 0 atom stereocenters. The molecule has 2 amide bonds. The van der Waals surface area contributed by atoms with Gasteiger partial charge in [-0.1, -0.05) is 18.2 Å². The number of benzene rings is 2. The molecule has 0 saturated carbocycles. The fraction of sp³-hybridized carbons (Fsp3) is 0.167. The lowest BCUT2D eigenvalue weighted by Crippen LogP contribution is -2.36. The molecule has 0 aliphatic carbocycles. The van der Waals surface area contributed by atoms with Crippen molar-refractivity contribution in [2.75, 3.05) is 20.7 Å². The molecule has 0 radical (unpaired) electrons. The molecule has 0 aliphatic heterocycles. The topological polar surface area (TPSA) is 91.2 Å². The molecular formula is C18H19N3O4. The number of hydrogen-bond donors (Lipinski definition) is 2. The smallest absolute Gasteiger partial charge is 0.259 e. The minimum Gasteiger partial charge on any atom is -0.504 e. The van der Waals surface area contributed by atoms with E-state index >= 15 is 0 Å². The van der Waals surface area contributed by atoms with Gasteiger partial charge < -0.3 is 14.7 Å². The summed E-state index contributed by atoms with van der Waals surface area (Å²) in [6, 6.07) is 13.4. The maximum atomic E-state index is 12.1. The van der Waals surface area contributed by atoms with E-state index in [1.807, 2.05) is 6.07 Å². The molecule has 7 nitrogen and oxygen atoms in total. The molecule has 0 bridgehead atoms. The number of likely N-dealkylation sites (N-methyl/N-ethyl adjacent to an activating group) is 1. The van der Waals surface area contributed by atoms with Crippen molar-refractivity contribution in [3.63, 3.8) is 0 Å². The van der Waals surface area contributed by atoms with Crippen molar-refractivity contribution in [1.29, 1.82) is 0 Å². The molecular weight excluding hydrogens is 322 g/mol. The second-order valence-corrected chi connectivity index (χ2v) is 5.25. The maximum Gasteiger partial charge on any atom is 0.259 e. The Kier molecular flexibility index (Phi) is 6.11. The Morgan fingerprint density at radius 2 is 1.96 bits per heavy atom. The van der Waals surface area contributed by atoms with E-state index in [4.69, 9.17) is 4.74 Å². The predicted molar refractivity (Wildman–Crippen MR) is 93.8 cm³/mol. The minimum absolute atomic E-state index is 0.0183. The lowest BCUT2D eigenvalue weighted by Gasteiger charge is -2.15. The van der Waals surface area contributed by atoms with Gasteiger partial charge in [0.25, 0.3) is 11.8 Å². The average molecular weight is 341 g/mol. The summed E-state index contributed by atoms with van der Waals surface area (Å²) < 4.78 is 4.99. The summed E-state index contributed by atoms with van der Waals surface area (Å²) in [5.74, 6) is -0.343. The summed E-state index contributed by atoms with van der Waals surface area (Å²) >= 11 is 0. The molecule has 0 heterocycles. The monoisotopic (exact) mass is 341 g/mol. The van der Waals surface area contributed by atoms with Gasteiger partial charge in [0, 0.05) is 12.6 Å². The van der Waals surface area contributed by atoms with Gasteiger partial charge in [0.1, 0.15) is 6.54 Å². The maximum absolute atomic E-state index is 12.1. The van der Waals surface area contributed by atoms with Gasteiger partial charge in [0.2, 0.25) is 0 Å². The van der Waals surface area contributed by atoms with E-state index in [1.54, 1.807) is 43.4 Å². The summed E-state index contributed by atoms with van der Waals surface area (Å²) in [7, 11) is 2.99. The lowest BCUT2D eigenvalue weighted by molar-refractivity contribution is -0.121. The van der Waals surface area contributed by atoms with Crippen LogP contribution in [0, 0.1) is 0 Å². The SMILES string of the molecule is COc1cc(/C=N/NC(=O)CN(C)C(=O)c2ccccc2)ccc1O. The molecule has 2 N–H and O–H groups in total. The number of amides is 2. The van der Waals surface area contributed by atoms with Crippen LogP contribution in [-0.2, 0) is 4.79 Å². The van der Waals surface area contributed by atoms with E-state index in [-0.39, 0.29) is 18.2 Å². The van der Waals surface area contributed by atoms with Gasteiger partial charge >= 0.3 is 0 Å². The zero-order valence-electron chi connectivity index (χ0n) is 14.0. The second-order valence-electron chi connectivity index (χ2n) is 5.25. The fourth-order valence-electron chi connectivity index (χ4n) is 2.08. The number of hydrogen-bond acceptors (Lipinski definition) is 5. The second kappa shape index (κ2) is 8.49. The van der Waals surface area contributed by atoms with Gasteiger partial charge in [0.15, 0.2) is 11.5 Å². The van der Waals surface area contributed by atoms with Gasteiger partial charge in [-0.3, -0.25) is 9.59 Å². The number of phenols is 1. The number of phenolic OH excluding ortho intramolecular Hbond substituents is 1. The van der Waals surface area contributed by atoms with Crippen molar-refractivity contribution in [2.24, 2.45) is 5.10 Å². The Bertz CT molecular complexity index is 775. The molecule has 7 heteroatoms. The highest BCUT2D eigenvalue weighted by atomic mass is 16.5. The summed E-state index contributed by atoms with van der Waals surface area (Å²) in [4.78, 5) is 25.3. The van der Waals surface area contributed by atoms with Gasteiger partial charge in [-0.15, -0.1) is 0 Å². The van der Waals surface area contributed by atoms with Crippen LogP contribution in [0.5, 0.6) is 11.5 Å². The van der Waals surface area contributed by atoms with Crippen molar-refractivity contribution in [1.82, 2.24) is 10.3 Å². The summed E-state index contributed by atoms with van der Waals surface area (Å²) in [5, 5.41) is 13.3. The predicted octanol–water partition coefficient (Wildman–Crippen LogP) is 1.62. The first-order valence-corrected chi connectivity index (χ1v) is 7.50. The normalized spacial score (nSPS) is 10.5. The Morgan fingerprint density at radius 3 is 2.64 bits per heavy atom. The molecule has 0 unspecified atom stereocenters.